The molecule has 2 nitrogen and oxygen atoms in total. The van der Waals surface area contributed by atoms with Crippen LogP contribution in [0.5, 0.6) is 0 Å². The molecule has 0 aliphatic heterocycles. The van der Waals surface area contributed by atoms with Crippen molar-refractivity contribution in [3.8, 4) is 0 Å². The van der Waals surface area contributed by atoms with Gasteiger partial charge in [0, 0.05) is 18.6 Å². The number of ether oxygens (including phenoxy) is 1. The van der Waals surface area contributed by atoms with Gasteiger partial charge in [0.05, 0.1) is 12.2 Å². The molecule has 0 aromatic carbocycles. The van der Waals surface area contributed by atoms with Gasteiger partial charge in [-0.3, -0.25) is 0 Å². The highest BCUT2D eigenvalue weighted by molar-refractivity contribution is 7.99. The molecule has 1 unspecified atom stereocenters. The van der Waals surface area contributed by atoms with E-state index in [-0.39, 0.29) is 0 Å². The topological polar surface area (TPSA) is 29.5 Å². The minimum atomic E-state index is -0.543. The van der Waals surface area contributed by atoms with Crippen molar-refractivity contribution in [1.82, 2.24) is 0 Å². The summed E-state index contributed by atoms with van der Waals surface area (Å²) in [6.45, 7) is 6.73. The molecular weight excluding hydrogens is 172 g/mol. The quantitative estimate of drug-likeness (QED) is 0.650. The Morgan fingerprint density at radius 1 is 1.50 bits per heavy atom. The fraction of sp³-hybridized carbons (Fsp3) is 1.00. The van der Waals surface area contributed by atoms with Gasteiger partial charge >= 0.3 is 0 Å². The first-order valence-electron chi connectivity index (χ1n) is 4.29. The zero-order valence-corrected chi connectivity index (χ0v) is 9.28. The largest absolute Gasteiger partial charge is 0.389 e. The summed E-state index contributed by atoms with van der Waals surface area (Å²) in [6.07, 6.45) is 0. The van der Waals surface area contributed by atoms with Gasteiger partial charge in [-0.2, -0.15) is 11.8 Å². The molecule has 0 aromatic heterocycles. The van der Waals surface area contributed by atoms with Crippen LogP contribution in [0.3, 0.4) is 0 Å². The maximum Gasteiger partial charge on any atom is 0.0732 e. The SMILES string of the molecule is COCCSCC(C)(O)C(C)C. The average Bonchev–Trinajstić information content (AvgIpc) is 1.98. The van der Waals surface area contributed by atoms with Gasteiger partial charge in [-0.1, -0.05) is 13.8 Å². The molecule has 0 aliphatic rings. The fourth-order valence-electron chi connectivity index (χ4n) is 0.588. The predicted octanol–water partition coefficient (Wildman–Crippen LogP) is 1.77. The summed E-state index contributed by atoms with van der Waals surface area (Å²) in [5.74, 6) is 2.06. The van der Waals surface area contributed by atoms with Crippen molar-refractivity contribution >= 4 is 11.8 Å². The third kappa shape index (κ3) is 5.01. The lowest BCUT2D eigenvalue weighted by atomic mass is 9.95. The summed E-state index contributed by atoms with van der Waals surface area (Å²) in [7, 11) is 1.70. The number of thioether (sulfide) groups is 1. The van der Waals surface area contributed by atoms with Crippen LogP contribution in [0.15, 0.2) is 0 Å². The second kappa shape index (κ2) is 5.84. The molecule has 1 atom stereocenters. The van der Waals surface area contributed by atoms with Crippen LogP contribution in [0.4, 0.5) is 0 Å². The Kier molecular flexibility index (Phi) is 5.97. The Morgan fingerprint density at radius 2 is 2.08 bits per heavy atom. The molecule has 0 radical (unpaired) electrons. The molecule has 12 heavy (non-hydrogen) atoms. The normalized spacial score (nSPS) is 16.5. The highest BCUT2D eigenvalue weighted by Crippen LogP contribution is 2.21. The second-order valence-electron chi connectivity index (χ2n) is 3.56. The van der Waals surface area contributed by atoms with Crippen LogP contribution < -0.4 is 0 Å². The van der Waals surface area contributed by atoms with Crippen molar-refractivity contribution in [2.75, 3.05) is 25.2 Å². The Balaban J connectivity index is 3.47. The number of hydrogen-bond acceptors (Lipinski definition) is 3. The van der Waals surface area contributed by atoms with E-state index >= 15 is 0 Å². The van der Waals surface area contributed by atoms with Crippen molar-refractivity contribution in [1.29, 1.82) is 0 Å². The third-order valence-corrected chi connectivity index (χ3v) is 3.31. The maximum atomic E-state index is 9.83. The summed E-state index contributed by atoms with van der Waals surface area (Å²) >= 11 is 1.74. The maximum absolute atomic E-state index is 9.83. The molecule has 1 N–H and O–H groups in total. The smallest absolute Gasteiger partial charge is 0.0732 e. The molecular formula is C9H20O2S. The lowest BCUT2D eigenvalue weighted by Gasteiger charge is -2.27. The van der Waals surface area contributed by atoms with Gasteiger partial charge in [0.25, 0.3) is 0 Å². The zero-order valence-electron chi connectivity index (χ0n) is 8.46. The van der Waals surface area contributed by atoms with Crippen LogP contribution in [0, 0.1) is 5.92 Å². The zero-order chi connectivity index (χ0) is 9.61. The predicted molar refractivity (Wildman–Crippen MR) is 54.7 cm³/mol. The van der Waals surface area contributed by atoms with Crippen LogP contribution in [0.1, 0.15) is 20.8 Å². The van der Waals surface area contributed by atoms with Crippen LogP contribution in [0.25, 0.3) is 0 Å². The van der Waals surface area contributed by atoms with Gasteiger partial charge in [-0.15, -0.1) is 0 Å². The Morgan fingerprint density at radius 3 is 2.50 bits per heavy atom. The van der Waals surface area contributed by atoms with E-state index in [2.05, 4.69) is 0 Å². The highest BCUT2D eigenvalue weighted by atomic mass is 32.2. The summed E-state index contributed by atoms with van der Waals surface area (Å²) in [5.41, 5.74) is -0.543. The van der Waals surface area contributed by atoms with E-state index in [0.29, 0.717) is 5.92 Å². The van der Waals surface area contributed by atoms with Crippen LogP contribution in [0.2, 0.25) is 0 Å². The van der Waals surface area contributed by atoms with E-state index in [1.807, 2.05) is 20.8 Å². The van der Waals surface area contributed by atoms with E-state index in [1.165, 1.54) is 0 Å². The van der Waals surface area contributed by atoms with Gasteiger partial charge in [-0.25, -0.2) is 0 Å². The van der Waals surface area contributed by atoms with Gasteiger partial charge < -0.3 is 9.84 Å². The van der Waals surface area contributed by atoms with Crippen LogP contribution in [-0.4, -0.2) is 35.9 Å². The first-order chi connectivity index (χ1) is 5.50. The molecule has 0 bridgehead atoms. The average molecular weight is 192 g/mol. The van der Waals surface area contributed by atoms with E-state index < -0.39 is 5.60 Å². The minimum Gasteiger partial charge on any atom is -0.389 e. The molecule has 0 heterocycles. The van der Waals surface area contributed by atoms with Crippen molar-refractivity contribution in [3.05, 3.63) is 0 Å². The van der Waals surface area contributed by atoms with E-state index in [9.17, 15) is 5.11 Å². The Bertz CT molecular complexity index is 113. The molecule has 0 fully saturated rings. The van der Waals surface area contributed by atoms with Gasteiger partial charge in [0.2, 0.25) is 0 Å². The van der Waals surface area contributed by atoms with Crippen LogP contribution >= 0.6 is 11.8 Å². The Hall–Kier alpha value is 0.270. The molecule has 0 amide bonds. The molecule has 0 saturated carbocycles. The minimum absolute atomic E-state index is 0.313. The van der Waals surface area contributed by atoms with E-state index in [0.717, 1.165) is 18.1 Å². The summed E-state index contributed by atoms with van der Waals surface area (Å²) in [5, 5.41) is 9.83. The van der Waals surface area contributed by atoms with Gasteiger partial charge in [0.15, 0.2) is 0 Å². The van der Waals surface area contributed by atoms with Crippen molar-refractivity contribution in [2.24, 2.45) is 5.92 Å². The summed E-state index contributed by atoms with van der Waals surface area (Å²) in [6, 6.07) is 0. The van der Waals surface area contributed by atoms with Crippen molar-refractivity contribution < 1.29 is 9.84 Å². The van der Waals surface area contributed by atoms with E-state index in [1.54, 1.807) is 18.9 Å². The lowest BCUT2D eigenvalue weighted by molar-refractivity contribution is 0.0376. The van der Waals surface area contributed by atoms with Crippen molar-refractivity contribution in [3.63, 3.8) is 0 Å². The van der Waals surface area contributed by atoms with E-state index in [4.69, 9.17) is 4.74 Å². The third-order valence-electron chi connectivity index (χ3n) is 2.07. The van der Waals surface area contributed by atoms with Crippen molar-refractivity contribution in [2.45, 2.75) is 26.4 Å². The first kappa shape index (κ1) is 12.3. The monoisotopic (exact) mass is 192 g/mol. The summed E-state index contributed by atoms with van der Waals surface area (Å²) < 4.78 is 4.91. The lowest BCUT2D eigenvalue weighted by Crippen LogP contribution is -2.34. The molecule has 0 aromatic rings. The summed E-state index contributed by atoms with van der Waals surface area (Å²) in [4.78, 5) is 0. The molecule has 74 valence electrons. The van der Waals surface area contributed by atoms with Crippen LogP contribution in [-0.2, 0) is 4.74 Å². The number of hydrogen-bond donors (Lipinski definition) is 1. The number of aliphatic hydroxyl groups is 1. The Labute approximate surface area is 79.7 Å². The molecule has 0 saturated heterocycles. The fourth-order valence-corrected chi connectivity index (χ4v) is 1.76. The first-order valence-corrected chi connectivity index (χ1v) is 5.45. The second-order valence-corrected chi connectivity index (χ2v) is 4.66. The molecule has 3 heteroatoms. The molecule has 0 aliphatic carbocycles. The number of rotatable bonds is 6. The van der Waals surface area contributed by atoms with Gasteiger partial charge in [0.1, 0.15) is 0 Å². The van der Waals surface area contributed by atoms with Gasteiger partial charge in [-0.05, 0) is 12.8 Å². The molecule has 0 rings (SSSR count). The number of methoxy groups -OCH3 is 1. The molecule has 0 spiro atoms. The highest BCUT2D eigenvalue weighted by Gasteiger charge is 2.24. The standard InChI is InChI=1S/C9H20O2S/c1-8(2)9(3,10)7-12-6-5-11-4/h8,10H,5-7H2,1-4H3.